The molecular weight excluding hydrogens is 374 g/mol. The fraction of sp³-hybridized carbons (Fsp3) is 0.292. The second kappa shape index (κ2) is 9.50. The van der Waals surface area contributed by atoms with Crippen LogP contribution in [-0.4, -0.2) is 38.7 Å². The van der Waals surface area contributed by atoms with E-state index in [1.807, 2.05) is 31.4 Å². The second-order valence-electron chi connectivity index (χ2n) is 7.73. The van der Waals surface area contributed by atoms with Crippen LogP contribution in [0.1, 0.15) is 30.4 Å². The summed E-state index contributed by atoms with van der Waals surface area (Å²) in [5.74, 6) is -0.161. The first-order chi connectivity index (χ1) is 14.7. The Labute approximate surface area is 177 Å². The van der Waals surface area contributed by atoms with Gasteiger partial charge in [0, 0.05) is 55.1 Å². The highest BCUT2D eigenvalue weighted by Crippen LogP contribution is 2.23. The van der Waals surface area contributed by atoms with Gasteiger partial charge in [0.2, 0.25) is 5.91 Å². The van der Waals surface area contributed by atoms with E-state index >= 15 is 0 Å². The van der Waals surface area contributed by atoms with Crippen LogP contribution in [0.5, 0.6) is 0 Å². The Morgan fingerprint density at radius 2 is 2.03 bits per heavy atom. The zero-order valence-electron chi connectivity index (χ0n) is 17.3. The summed E-state index contributed by atoms with van der Waals surface area (Å²) in [6.45, 7) is 3.25. The van der Waals surface area contributed by atoms with Crippen molar-refractivity contribution in [3.05, 3.63) is 72.3 Å². The maximum atomic E-state index is 12.5. The number of rotatable bonds is 6. The van der Waals surface area contributed by atoms with Crippen LogP contribution in [0.15, 0.2) is 61.2 Å². The van der Waals surface area contributed by atoms with E-state index in [-0.39, 0.29) is 5.91 Å². The molecule has 6 nitrogen and oxygen atoms in total. The zero-order chi connectivity index (χ0) is 20.8. The van der Waals surface area contributed by atoms with Crippen LogP contribution >= 0.6 is 0 Å². The number of likely N-dealkylation sites (tertiary alicyclic amines) is 1. The molecule has 6 heteroatoms. The van der Waals surface area contributed by atoms with E-state index in [9.17, 15) is 4.79 Å². The number of aromatic nitrogens is 3. The molecule has 1 aliphatic heterocycles. The van der Waals surface area contributed by atoms with Crippen molar-refractivity contribution < 1.29 is 4.79 Å². The van der Waals surface area contributed by atoms with Gasteiger partial charge in [-0.25, -0.2) is 0 Å². The van der Waals surface area contributed by atoms with Crippen molar-refractivity contribution in [3.8, 4) is 11.1 Å². The smallest absolute Gasteiger partial charge is 0.248 e. The fourth-order valence-electron chi connectivity index (χ4n) is 3.84. The van der Waals surface area contributed by atoms with Crippen LogP contribution in [0.3, 0.4) is 0 Å². The molecule has 0 bridgehead atoms. The maximum absolute atomic E-state index is 12.5. The van der Waals surface area contributed by atoms with E-state index in [0.29, 0.717) is 0 Å². The molecule has 0 spiro atoms. The van der Waals surface area contributed by atoms with E-state index in [4.69, 9.17) is 0 Å². The first-order valence-corrected chi connectivity index (χ1v) is 10.4. The minimum Gasteiger partial charge on any atom is -0.323 e. The van der Waals surface area contributed by atoms with Gasteiger partial charge in [0.25, 0.3) is 0 Å². The van der Waals surface area contributed by atoms with Crippen molar-refractivity contribution in [2.75, 3.05) is 18.4 Å². The third-order valence-electron chi connectivity index (χ3n) is 5.33. The first-order valence-electron chi connectivity index (χ1n) is 10.4. The fourth-order valence-corrected chi connectivity index (χ4v) is 3.84. The Hall–Kier alpha value is -3.25. The van der Waals surface area contributed by atoms with Gasteiger partial charge in [-0.05, 0) is 61.3 Å². The van der Waals surface area contributed by atoms with Crippen LogP contribution in [0, 0.1) is 0 Å². The van der Waals surface area contributed by atoms with Gasteiger partial charge >= 0.3 is 0 Å². The third kappa shape index (κ3) is 5.21. The van der Waals surface area contributed by atoms with Gasteiger partial charge in [-0.15, -0.1) is 0 Å². The summed E-state index contributed by atoms with van der Waals surface area (Å²) < 4.78 is 1.76. The van der Waals surface area contributed by atoms with Gasteiger partial charge < -0.3 is 5.32 Å². The Balaban J connectivity index is 1.42. The molecule has 3 aromatic rings. The Morgan fingerprint density at radius 3 is 2.83 bits per heavy atom. The number of nitrogens with one attached hydrogen (secondary N) is 1. The van der Waals surface area contributed by atoms with Crippen LogP contribution in [-0.2, 0) is 18.4 Å². The van der Waals surface area contributed by atoms with E-state index in [1.54, 1.807) is 35.4 Å². The van der Waals surface area contributed by atoms with Crippen molar-refractivity contribution in [1.29, 1.82) is 0 Å². The lowest BCUT2D eigenvalue weighted by Gasteiger charge is -2.26. The Kier molecular flexibility index (Phi) is 6.35. The predicted molar refractivity (Wildman–Crippen MR) is 120 cm³/mol. The lowest BCUT2D eigenvalue weighted by molar-refractivity contribution is -0.111. The van der Waals surface area contributed by atoms with Gasteiger partial charge in [-0.1, -0.05) is 18.6 Å². The topological polar surface area (TPSA) is 63.1 Å². The van der Waals surface area contributed by atoms with E-state index in [1.165, 1.54) is 24.8 Å². The molecule has 1 amide bonds. The lowest BCUT2D eigenvalue weighted by atomic mass is 10.0. The van der Waals surface area contributed by atoms with Gasteiger partial charge in [-0.2, -0.15) is 5.10 Å². The number of aryl methyl sites for hydroxylation is 1. The molecule has 0 radical (unpaired) electrons. The number of anilines is 1. The Morgan fingerprint density at radius 1 is 1.17 bits per heavy atom. The summed E-state index contributed by atoms with van der Waals surface area (Å²) >= 11 is 0. The predicted octanol–water partition coefficient (Wildman–Crippen LogP) is 4.12. The van der Waals surface area contributed by atoms with Gasteiger partial charge in [0.15, 0.2) is 0 Å². The Bertz CT molecular complexity index is 1030. The molecular formula is C24H27N5O. The molecule has 30 heavy (non-hydrogen) atoms. The highest BCUT2D eigenvalue weighted by molar-refractivity contribution is 6.02. The third-order valence-corrected chi connectivity index (χ3v) is 5.33. The molecule has 4 rings (SSSR count). The first kappa shape index (κ1) is 20.0. The highest BCUT2D eigenvalue weighted by atomic mass is 16.1. The van der Waals surface area contributed by atoms with Gasteiger partial charge in [0.1, 0.15) is 0 Å². The molecule has 3 heterocycles. The molecule has 0 aliphatic carbocycles. The number of hydrogen-bond donors (Lipinski definition) is 1. The van der Waals surface area contributed by atoms with E-state index in [0.717, 1.165) is 42.0 Å². The second-order valence-corrected chi connectivity index (χ2v) is 7.73. The maximum Gasteiger partial charge on any atom is 0.248 e. The number of carbonyl (C=O) groups is 1. The molecule has 1 fully saturated rings. The summed E-state index contributed by atoms with van der Waals surface area (Å²) in [4.78, 5) is 19.2. The summed E-state index contributed by atoms with van der Waals surface area (Å²) in [7, 11) is 1.88. The van der Waals surface area contributed by atoms with E-state index < -0.39 is 0 Å². The van der Waals surface area contributed by atoms with Crippen molar-refractivity contribution in [1.82, 2.24) is 19.7 Å². The molecule has 1 N–H and O–H groups in total. The largest absolute Gasteiger partial charge is 0.323 e. The number of benzene rings is 1. The molecule has 0 saturated carbocycles. The minimum atomic E-state index is -0.161. The molecule has 154 valence electrons. The SMILES string of the molecule is Cn1cc(-c2ccncc2/C=C/C(=O)Nc2cccc(CN3CCCCC3)c2)cn1. The summed E-state index contributed by atoms with van der Waals surface area (Å²) in [6, 6.07) is 10.0. The average molecular weight is 402 g/mol. The van der Waals surface area contributed by atoms with Gasteiger partial charge in [0.05, 0.1) is 6.20 Å². The summed E-state index contributed by atoms with van der Waals surface area (Å²) in [5.41, 5.74) is 4.90. The van der Waals surface area contributed by atoms with Crippen LogP contribution in [0.2, 0.25) is 0 Å². The minimum absolute atomic E-state index is 0.161. The highest BCUT2D eigenvalue weighted by Gasteiger charge is 2.11. The number of piperidine rings is 1. The van der Waals surface area contributed by atoms with Crippen LogP contribution < -0.4 is 5.32 Å². The normalized spacial score (nSPS) is 14.8. The molecule has 0 unspecified atom stereocenters. The zero-order valence-corrected chi connectivity index (χ0v) is 17.3. The molecule has 1 aromatic carbocycles. The molecule has 1 saturated heterocycles. The van der Waals surface area contributed by atoms with E-state index in [2.05, 4.69) is 32.4 Å². The summed E-state index contributed by atoms with van der Waals surface area (Å²) in [5, 5.41) is 7.20. The monoisotopic (exact) mass is 401 g/mol. The van der Waals surface area contributed by atoms with Crippen molar-refractivity contribution in [2.45, 2.75) is 25.8 Å². The quantitative estimate of drug-likeness (QED) is 0.631. The number of amides is 1. The number of carbonyl (C=O) groups excluding carboxylic acids is 1. The van der Waals surface area contributed by atoms with Crippen LogP contribution in [0.4, 0.5) is 5.69 Å². The van der Waals surface area contributed by atoms with Gasteiger partial charge in [-0.3, -0.25) is 19.4 Å². The molecule has 2 aromatic heterocycles. The standard InChI is InChI=1S/C24H27N5O/c1-28-18-21(16-26-28)23-10-11-25-15-20(23)8-9-24(30)27-22-7-5-6-19(14-22)17-29-12-3-2-4-13-29/h5-11,14-16,18H,2-4,12-13,17H2,1H3,(H,27,30)/b9-8+. The number of pyridine rings is 1. The van der Waals surface area contributed by atoms with Crippen LogP contribution in [0.25, 0.3) is 17.2 Å². The molecule has 0 atom stereocenters. The number of hydrogen-bond acceptors (Lipinski definition) is 4. The lowest BCUT2D eigenvalue weighted by Crippen LogP contribution is -2.29. The van der Waals surface area contributed by atoms with Crippen molar-refractivity contribution in [2.24, 2.45) is 7.05 Å². The van der Waals surface area contributed by atoms with Crippen molar-refractivity contribution >= 4 is 17.7 Å². The number of nitrogens with zero attached hydrogens (tertiary/aromatic N) is 4. The molecule has 1 aliphatic rings. The summed E-state index contributed by atoms with van der Waals surface area (Å²) in [6.07, 6.45) is 14.5. The average Bonchev–Trinajstić information content (AvgIpc) is 3.19. The van der Waals surface area contributed by atoms with Crippen molar-refractivity contribution in [3.63, 3.8) is 0 Å².